The molecule has 1 N–H and O–H groups in total. The van der Waals surface area contributed by atoms with Gasteiger partial charge in [0.2, 0.25) is 10.0 Å². The van der Waals surface area contributed by atoms with Gasteiger partial charge in [0.1, 0.15) is 0 Å². The maximum Gasteiger partial charge on any atom is 0.416 e. The lowest BCUT2D eigenvalue weighted by molar-refractivity contribution is -0.137. The number of benzene rings is 1. The van der Waals surface area contributed by atoms with Crippen LogP contribution >= 0.6 is 0 Å². The SMILES string of the molecule is CCC[C@H](OC(=O)N(C)C(C)(C)C)C(=O)N[C@H]1CC[C@@H]2CN(S(=O)(=O)c3cccc(C(F)(F)F)c3)C[C@@H]21. The third kappa shape index (κ3) is 6.57. The number of carbonyl (C=O) groups is 2. The minimum Gasteiger partial charge on any atom is -0.436 e. The maximum absolute atomic E-state index is 13.1. The number of fused-ring (bicyclic) bond motifs is 1. The van der Waals surface area contributed by atoms with Crippen LogP contribution in [0.4, 0.5) is 18.0 Å². The average Bonchev–Trinajstić information content (AvgIpc) is 3.39. The van der Waals surface area contributed by atoms with Gasteiger partial charge in [-0.15, -0.1) is 0 Å². The summed E-state index contributed by atoms with van der Waals surface area (Å²) >= 11 is 0. The van der Waals surface area contributed by atoms with Gasteiger partial charge in [0.25, 0.3) is 5.91 Å². The lowest BCUT2D eigenvalue weighted by Crippen LogP contribution is -2.49. The Morgan fingerprint density at radius 1 is 1.19 bits per heavy atom. The van der Waals surface area contributed by atoms with Gasteiger partial charge in [-0.3, -0.25) is 4.79 Å². The van der Waals surface area contributed by atoms with E-state index in [1.807, 2.05) is 27.7 Å². The molecule has 37 heavy (non-hydrogen) atoms. The summed E-state index contributed by atoms with van der Waals surface area (Å²) in [7, 11) is -2.53. The molecule has 2 aliphatic rings. The second-order valence-electron chi connectivity index (χ2n) is 10.9. The van der Waals surface area contributed by atoms with Crippen molar-refractivity contribution in [1.29, 1.82) is 0 Å². The summed E-state index contributed by atoms with van der Waals surface area (Å²) in [4.78, 5) is 26.6. The first-order valence-corrected chi connectivity index (χ1v) is 13.9. The van der Waals surface area contributed by atoms with Gasteiger partial charge in [-0.25, -0.2) is 13.2 Å². The number of carbonyl (C=O) groups excluding carboxylic acids is 2. The monoisotopic (exact) mass is 547 g/mol. The van der Waals surface area contributed by atoms with Gasteiger partial charge < -0.3 is 15.0 Å². The summed E-state index contributed by atoms with van der Waals surface area (Å²) in [5.41, 5.74) is -1.51. The zero-order valence-corrected chi connectivity index (χ0v) is 22.7. The molecule has 0 radical (unpaired) electrons. The molecule has 1 heterocycles. The Morgan fingerprint density at radius 3 is 2.46 bits per heavy atom. The number of sulfonamides is 1. The van der Waals surface area contributed by atoms with E-state index in [4.69, 9.17) is 4.74 Å². The molecule has 208 valence electrons. The molecule has 0 aromatic heterocycles. The number of halogens is 3. The van der Waals surface area contributed by atoms with Crippen molar-refractivity contribution in [2.45, 2.75) is 82.1 Å². The highest BCUT2D eigenvalue weighted by Gasteiger charge is 2.47. The lowest BCUT2D eigenvalue weighted by atomic mass is 9.97. The second-order valence-corrected chi connectivity index (χ2v) is 12.8. The van der Waals surface area contributed by atoms with E-state index in [9.17, 15) is 31.2 Å². The standard InChI is InChI=1S/C25H36F3N3O5S/c1-6-8-21(36-23(33)30(5)24(2,3)4)22(32)29-20-12-11-16-14-31(15-19(16)20)37(34,35)18-10-7-9-17(13-18)25(26,27)28/h7,9-10,13,16,19-21H,6,8,11-12,14-15H2,1-5H3,(H,29,32)/t16-,19+,20+,21+/m1/s1. The molecule has 1 aliphatic carbocycles. The van der Waals surface area contributed by atoms with Crippen LogP contribution < -0.4 is 5.32 Å². The van der Waals surface area contributed by atoms with Crippen LogP contribution in [-0.2, 0) is 25.7 Å². The zero-order valence-electron chi connectivity index (χ0n) is 21.8. The molecule has 1 saturated heterocycles. The third-order valence-electron chi connectivity index (χ3n) is 7.32. The smallest absolute Gasteiger partial charge is 0.416 e. The number of hydrogen-bond donors (Lipinski definition) is 1. The molecule has 3 rings (SSSR count). The van der Waals surface area contributed by atoms with E-state index in [0.29, 0.717) is 31.7 Å². The molecule has 1 saturated carbocycles. The number of alkyl halides is 3. The Bertz CT molecular complexity index is 1100. The summed E-state index contributed by atoms with van der Waals surface area (Å²) in [6.07, 6.45) is -3.96. The highest BCUT2D eigenvalue weighted by molar-refractivity contribution is 7.89. The first-order valence-electron chi connectivity index (χ1n) is 12.5. The van der Waals surface area contributed by atoms with E-state index in [1.165, 1.54) is 9.21 Å². The molecule has 8 nitrogen and oxygen atoms in total. The van der Waals surface area contributed by atoms with Gasteiger partial charge in [0.15, 0.2) is 6.10 Å². The lowest BCUT2D eigenvalue weighted by Gasteiger charge is -2.32. The Kier molecular flexibility index (Phi) is 8.53. The Labute approximate surface area is 216 Å². The predicted octanol–water partition coefficient (Wildman–Crippen LogP) is 4.26. The minimum absolute atomic E-state index is 0.0231. The molecule has 2 fully saturated rings. The summed E-state index contributed by atoms with van der Waals surface area (Å²) < 4.78 is 72.3. The van der Waals surface area contributed by atoms with E-state index in [0.717, 1.165) is 18.2 Å². The number of hydrogen-bond acceptors (Lipinski definition) is 5. The molecule has 0 spiro atoms. The number of rotatable bonds is 7. The summed E-state index contributed by atoms with van der Waals surface area (Å²) in [5.74, 6) is -0.632. The van der Waals surface area contributed by atoms with E-state index in [-0.39, 0.29) is 31.0 Å². The van der Waals surface area contributed by atoms with E-state index in [1.54, 1.807) is 7.05 Å². The van der Waals surface area contributed by atoms with Crippen molar-refractivity contribution in [2.24, 2.45) is 11.8 Å². The second kappa shape index (κ2) is 10.8. The highest BCUT2D eigenvalue weighted by atomic mass is 32.2. The highest BCUT2D eigenvalue weighted by Crippen LogP contribution is 2.41. The fourth-order valence-electron chi connectivity index (χ4n) is 4.84. The van der Waals surface area contributed by atoms with Crippen molar-refractivity contribution < 1.29 is 35.9 Å². The van der Waals surface area contributed by atoms with Gasteiger partial charge in [-0.2, -0.15) is 17.5 Å². The molecule has 1 aromatic rings. The van der Waals surface area contributed by atoms with Gasteiger partial charge in [0, 0.05) is 31.7 Å². The first-order chi connectivity index (χ1) is 17.1. The number of nitrogens with zero attached hydrogens (tertiary/aromatic N) is 2. The van der Waals surface area contributed by atoms with Crippen LogP contribution in [-0.4, -0.2) is 67.4 Å². The predicted molar refractivity (Wildman–Crippen MR) is 131 cm³/mol. The molecule has 0 bridgehead atoms. The average molecular weight is 548 g/mol. The van der Waals surface area contributed by atoms with Gasteiger partial charge in [-0.1, -0.05) is 19.4 Å². The topological polar surface area (TPSA) is 96.0 Å². The molecule has 1 aliphatic heterocycles. The molecule has 2 amide bonds. The summed E-state index contributed by atoms with van der Waals surface area (Å²) in [6.45, 7) is 7.70. The van der Waals surface area contributed by atoms with E-state index >= 15 is 0 Å². The quantitative estimate of drug-likeness (QED) is 0.551. The third-order valence-corrected chi connectivity index (χ3v) is 9.14. The minimum atomic E-state index is -4.65. The number of amides is 2. The van der Waals surface area contributed by atoms with Crippen molar-refractivity contribution in [3.63, 3.8) is 0 Å². The van der Waals surface area contributed by atoms with Crippen LogP contribution in [0.5, 0.6) is 0 Å². The van der Waals surface area contributed by atoms with Crippen LogP contribution in [0.3, 0.4) is 0 Å². The summed E-state index contributed by atoms with van der Waals surface area (Å²) in [5, 5.41) is 2.95. The van der Waals surface area contributed by atoms with Crippen molar-refractivity contribution >= 4 is 22.0 Å². The van der Waals surface area contributed by atoms with Gasteiger partial charge in [-0.05, 0) is 70.1 Å². The maximum atomic E-state index is 13.1. The fraction of sp³-hybridized carbons (Fsp3) is 0.680. The number of nitrogens with one attached hydrogen (secondary N) is 1. The molecule has 1 aromatic carbocycles. The van der Waals surface area contributed by atoms with Crippen molar-refractivity contribution in [1.82, 2.24) is 14.5 Å². The van der Waals surface area contributed by atoms with Crippen LogP contribution in [0.15, 0.2) is 29.2 Å². The zero-order chi connectivity index (χ0) is 27.8. The Balaban J connectivity index is 1.69. The first kappa shape index (κ1) is 29.2. The molecular formula is C25H36F3N3O5S. The van der Waals surface area contributed by atoms with Crippen LogP contribution in [0.1, 0.15) is 58.9 Å². The van der Waals surface area contributed by atoms with Crippen molar-refractivity contribution in [3.05, 3.63) is 29.8 Å². The van der Waals surface area contributed by atoms with Gasteiger partial charge in [0.05, 0.1) is 10.5 Å². The van der Waals surface area contributed by atoms with Crippen LogP contribution in [0, 0.1) is 11.8 Å². The van der Waals surface area contributed by atoms with Gasteiger partial charge >= 0.3 is 12.3 Å². The fourth-order valence-corrected chi connectivity index (χ4v) is 6.42. The molecular weight excluding hydrogens is 511 g/mol. The van der Waals surface area contributed by atoms with Crippen molar-refractivity contribution in [2.75, 3.05) is 20.1 Å². The van der Waals surface area contributed by atoms with Crippen LogP contribution in [0.2, 0.25) is 0 Å². The van der Waals surface area contributed by atoms with Crippen molar-refractivity contribution in [3.8, 4) is 0 Å². The normalized spacial score (nSPS) is 23.4. The molecule has 12 heteroatoms. The molecule has 4 atom stereocenters. The Hall–Kier alpha value is -2.34. The largest absolute Gasteiger partial charge is 0.436 e. The van der Waals surface area contributed by atoms with Crippen LogP contribution in [0.25, 0.3) is 0 Å². The molecule has 0 unspecified atom stereocenters. The number of ether oxygens (including phenoxy) is 1. The Morgan fingerprint density at radius 2 is 1.86 bits per heavy atom. The van der Waals surface area contributed by atoms with E-state index < -0.39 is 50.3 Å². The summed E-state index contributed by atoms with van der Waals surface area (Å²) in [6, 6.07) is 3.42. The van der Waals surface area contributed by atoms with E-state index in [2.05, 4.69) is 5.32 Å².